The van der Waals surface area contributed by atoms with Gasteiger partial charge >= 0.3 is 5.97 Å². The molecule has 1 fully saturated rings. The molecule has 1 N–H and O–H groups in total. The fourth-order valence-corrected chi connectivity index (χ4v) is 5.08. The maximum Gasteiger partial charge on any atom is 0.307 e. The molecule has 1 saturated heterocycles. The number of carboxylic acids is 1. The molecule has 1 aliphatic heterocycles. The molecule has 1 aromatic rings. The second-order valence-electron chi connectivity index (χ2n) is 5.17. The third-order valence-corrected chi connectivity index (χ3v) is 6.99. The molecule has 3 unspecified atom stereocenters. The first kappa shape index (κ1) is 15.6. The molecule has 0 spiro atoms. The molecule has 0 saturated carbocycles. The van der Waals surface area contributed by atoms with Crippen molar-refractivity contribution in [3.63, 3.8) is 0 Å². The highest BCUT2D eigenvalue weighted by Gasteiger charge is 2.29. The third-order valence-electron chi connectivity index (χ3n) is 3.60. The lowest BCUT2D eigenvalue weighted by molar-refractivity contribution is -0.136. The first-order chi connectivity index (χ1) is 9.38. The van der Waals surface area contributed by atoms with Crippen LogP contribution in [-0.2, 0) is 11.2 Å². The second-order valence-corrected chi connectivity index (χ2v) is 8.16. The molecule has 1 aliphatic rings. The van der Waals surface area contributed by atoms with Crippen LogP contribution in [0.5, 0.6) is 0 Å². The summed E-state index contributed by atoms with van der Waals surface area (Å²) in [5.74, 6) is 1.04. The molecule has 4 nitrogen and oxygen atoms in total. The summed E-state index contributed by atoms with van der Waals surface area (Å²) < 4.78 is 0. The van der Waals surface area contributed by atoms with Crippen LogP contribution in [0.15, 0.2) is 0 Å². The van der Waals surface area contributed by atoms with Gasteiger partial charge < -0.3 is 5.11 Å². The van der Waals surface area contributed by atoms with Crippen molar-refractivity contribution in [1.29, 1.82) is 0 Å². The van der Waals surface area contributed by atoms with Crippen molar-refractivity contribution in [1.82, 2.24) is 9.97 Å². The van der Waals surface area contributed by atoms with Crippen LogP contribution in [0.2, 0.25) is 0 Å². The number of rotatable bonds is 3. The molecular formula is C14H20N2O2S2. The van der Waals surface area contributed by atoms with E-state index in [0.717, 1.165) is 28.5 Å². The van der Waals surface area contributed by atoms with Gasteiger partial charge in [-0.3, -0.25) is 4.79 Å². The van der Waals surface area contributed by atoms with E-state index in [1.807, 2.05) is 37.4 Å². The molecule has 6 heteroatoms. The van der Waals surface area contributed by atoms with Crippen LogP contribution in [0.1, 0.15) is 41.9 Å². The smallest absolute Gasteiger partial charge is 0.307 e. The fraction of sp³-hybridized carbons (Fsp3) is 0.643. The van der Waals surface area contributed by atoms with Crippen LogP contribution in [0.4, 0.5) is 0 Å². The molecule has 0 aliphatic carbocycles. The van der Waals surface area contributed by atoms with Gasteiger partial charge in [0, 0.05) is 33.2 Å². The monoisotopic (exact) mass is 312 g/mol. The van der Waals surface area contributed by atoms with Gasteiger partial charge in [0.15, 0.2) is 0 Å². The minimum atomic E-state index is -0.836. The minimum Gasteiger partial charge on any atom is -0.481 e. The summed E-state index contributed by atoms with van der Waals surface area (Å²) in [7, 11) is 0. The lowest BCUT2D eigenvalue weighted by atomic mass is 10.1. The highest BCUT2D eigenvalue weighted by molar-refractivity contribution is 8.07. The van der Waals surface area contributed by atoms with E-state index in [4.69, 9.17) is 5.11 Å². The predicted molar refractivity (Wildman–Crippen MR) is 84.6 cm³/mol. The molecular weight excluding hydrogens is 292 g/mol. The Hall–Kier alpha value is -0.750. The van der Waals surface area contributed by atoms with E-state index in [1.54, 1.807) is 0 Å². The highest BCUT2D eigenvalue weighted by atomic mass is 32.2. The zero-order chi connectivity index (χ0) is 14.9. The van der Waals surface area contributed by atoms with E-state index in [0.29, 0.717) is 15.7 Å². The van der Waals surface area contributed by atoms with Crippen LogP contribution >= 0.6 is 23.5 Å². The summed E-state index contributed by atoms with van der Waals surface area (Å²) in [5, 5.41) is 10.5. The van der Waals surface area contributed by atoms with Crippen molar-refractivity contribution in [2.24, 2.45) is 0 Å². The Morgan fingerprint density at radius 2 is 1.85 bits per heavy atom. The quantitative estimate of drug-likeness (QED) is 0.925. The van der Waals surface area contributed by atoms with Gasteiger partial charge in [0.05, 0.1) is 11.7 Å². The number of aromatic nitrogens is 2. The standard InChI is InChI=1S/C14H20N2O2S2/c1-7-11(5-13(17)18)8(2)16-14(15-7)12-6-19-9(3)10(4)20-12/h9-10,12H,5-6H2,1-4H3,(H,17,18). The Balaban J connectivity index is 2.24. The number of aliphatic carboxylic acids is 1. The average Bonchev–Trinajstić information content (AvgIpc) is 2.36. The van der Waals surface area contributed by atoms with Crippen molar-refractivity contribution in [2.75, 3.05) is 5.75 Å². The first-order valence-electron chi connectivity index (χ1n) is 6.71. The van der Waals surface area contributed by atoms with Crippen LogP contribution in [-0.4, -0.2) is 37.3 Å². The van der Waals surface area contributed by atoms with Crippen molar-refractivity contribution >= 4 is 29.5 Å². The van der Waals surface area contributed by atoms with E-state index in [1.165, 1.54) is 0 Å². The Kier molecular flexibility index (Phi) is 4.96. The molecule has 2 heterocycles. The summed E-state index contributed by atoms with van der Waals surface area (Å²) in [6.45, 7) is 8.26. The number of thioether (sulfide) groups is 2. The lowest BCUT2D eigenvalue weighted by Crippen LogP contribution is -2.23. The highest BCUT2D eigenvalue weighted by Crippen LogP contribution is 2.43. The van der Waals surface area contributed by atoms with Gasteiger partial charge in [-0.25, -0.2) is 9.97 Å². The van der Waals surface area contributed by atoms with E-state index >= 15 is 0 Å². The van der Waals surface area contributed by atoms with Crippen LogP contribution in [0.3, 0.4) is 0 Å². The number of carbonyl (C=O) groups is 1. The van der Waals surface area contributed by atoms with Gasteiger partial charge in [-0.15, -0.1) is 11.8 Å². The van der Waals surface area contributed by atoms with Crippen LogP contribution in [0, 0.1) is 13.8 Å². The number of carboxylic acid groups (broad SMARTS) is 1. The van der Waals surface area contributed by atoms with E-state index in [2.05, 4.69) is 23.8 Å². The third kappa shape index (κ3) is 3.47. The molecule has 20 heavy (non-hydrogen) atoms. The lowest BCUT2D eigenvalue weighted by Gasteiger charge is -2.30. The molecule has 110 valence electrons. The Morgan fingerprint density at radius 3 is 2.35 bits per heavy atom. The average molecular weight is 312 g/mol. The number of nitrogens with zero attached hydrogens (tertiary/aromatic N) is 2. The van der Waals surface area contributed by atoms with Crippen molar-refractivity contribution < 1.29 is 9.90 Å². The summed E-state index contributed by atoms with van der Waals surface area (Å²) in [6, 6.07) is 0. The number of hydrogen-bond acceptors (Lipinski definition) is 5. The van der Waals surface area contributed by atoms with Crippen LogP contribution < -0.4 is 0 Å². The Labute approximate surface area is 128 Å². The summed E-state index contributed by atoms with van der Waals surface area (Å²) >= 11 is 3.88. The minimum absolute atomic E-state index is 0.00204. The van der Waals surface area contributed by atoms with E-state index in [9.17, 15) is 4.79 Å². The largest absolute Gasteiger partial charge is 0.481 e. The summed E-state index contributed by atoms with van der Waals surface area (Å²) in [5.41, 5.74) is 2.34. The van der Waals surface area contributed by atoms with Gasteiger partial charge in [-0.1, -0.05) is 13.8 Å². The number of aryl methyl sites for hydroxylation is 2. The van der Waals surface area contributed by atoms with Gasteiger partial charge in [0.2, 0.25) is 0 Å². The normalized spacial score (nSPS) is 26.5. The van der Waals surface area contributed by atoms with Crippen molar-refractivity contribution in [3.05, 3.63) is 22.8 Å². The van der Waals surface area contributed by atoms with Gasteiger partial charge in [0.1, 0.15) is 5.82 Å². The Morgan fingerprint density at radius 1 is 1.25 bits per heavy atom. The SMILES string of the molecule is Cc1nc(C2CSC(C)C(C)S2)nc(C)c1CC(=O)O. The van der Waals surface area contributed by atoms with Gasteiger partial charge in [0.25, 0.3) is 0 Å². The van der Waals surface area contributed by atoms with Crippen molar-refractivity contribution in [2.45, 2.75) is 49.9 Å². The van der Waals surface area contributed by atoms with Crippen molar-refractivity contribution in [3.8, 4) is 0 Å². The molecule has 2 rings (SSSR count). The summed E-state index contributed by atoms with van der Waals surface area (Å²) in [6.07, 6.45) is -0.00204. The first-order valence-corrected chi connectivity index (χ1v) is 8.70. The number of hydrogen-bond donors (Lipinski definition) is 1. The van der Waals surface area contributed by atoms with E-state index in [-0.39, 0.29) is 6.42 Å². The maximum atomic E-state index is 10.9. The molecule has 1 aromatic heterocycles. The fourth-order valence-electron chi connectivity index (χ4n) is 2.24. The van der Waals surface area contributed by atoms with Crippen LogP contribution in [0.25, 0.3) is 0 Å². The molecule has 0 radical (unpaired) electrons. The predicted octanol–water partition coefficient (Wildman–Crippen LogP) is 3.02. The summed E-state index contributed by atoms with van der Waals surface area (Å²) in [4.78, 5) is 20.0. The topological polar surface area (TPSA) is 63.1 Å². The zero-order valence-electron chi connectivity index (χ0n) is 12.2. The zero-order valence-corrected chi connectivity index (χ0v) is 13.8. The Bertz CT molecular complexity index is 499. The van der Waals surface area contributed by atoms with Gasteiger partial charge in [-0.2, -0.15) is 11.8 Å². The molecule has 0 amide bonds. The molecule has 3 atom stereocenters. The molecule has 0 aromatic carbocycles. The molecule has 0 bridgehead atoms. The maximum absolute atomic E-state index is 10.9. The second kappa shape index (κ2) is 6.35. The van der Waals surface area contributed by atoms with E-state index < -0.39 is 5.97 Å². The van der Waals surface area contributed by atoms with Gasteiger partial charge in [-0.05, 0) is 13.8 Å².